The topological polar surface area (TPSA) is 6.48 Å². The number of para-hydroxylation sites is 2. The van der Waals surface area contributed by atoms with Crippen molar-refractivity contribution in [2.45, 2.75) is 142 Å². The molecule has 3 rings (SSSR count). The molecule has 0 bridgehead atoms. The van der Waals surface area contributed by atoms with E-state index >= 15 is 0 Å². The second-order valence-electron chi connectivity index (χ2n) is 16.5. The van der Waals surface area contributed by atoms with E-state index < -0.39 is 24.2 Å². The van der Waals surface area contributed by atoms with Crippen molar-refractivity contribution in [3.8, 4) is 0 Å². The zero-order valence-corrected chi connectivity index (χ0v) is 31.9. The van der Waals surface area contributed by atoms with Gasteiger partial charge in [-0.15, -0.1) is 0 Å². The summed E-state index contributed by atoms with van der Waals surface area (Å²) in [5.74, 6) is 1.91. The van der Waals surface area contributed by atoms with E-state index in [9.17, 15) is 0 Å². The fourth-order valence-electron chi connectivity index (χ4n) is 8.19. The summed E-state index contributed by atoms with van der Waals surface area (Å²) >= 11 is 0. The molecule has 0 spiro atoms. The van der Waals surface area contributed by atoms with Gasteiger partial charge in [0.2, 0.25) is 0 Å². The van der Waals surface area contributed by atoms with Crippen molar-refractivity contribution in [2.24, 2.45) is 0 Å². The second kappa shape index (κ2) is 11.8. The van der Waals surface area contributed by atoms with E-state index in [-0.39, 0.29) is 0 Å². The van der Waals surface area contributed by atoms with Crippen LogP contribution in [0, 0.1) is 0 Å². The molecule has 221 valence electrons. The number of hydrogen-bond acceptors (Lipinski definition) is 2. The lowest BCUT2D eigenvalue weighted by atomic mass is 9.86. The molecular formula is C34H60BN2Si3. The highest BCUT2D eigenvalue weighted by Gasteiger charge is 2.59. The molecule has 2 nitrogen and oxygen atoms in total. The Hall–Kier alpha value is -1.24. The first-order valence-electron chi connectivity index (χ1n) is 15.9. The lowest BCUT2D eigenvalue weighted by molar-refractivity contribution is 0.805. The van der Waals surface area contributed by atoms with Crippen LogP contribution in [0.15, 0.2) is 36.4 Å². The Morgan fingerprint density at radius 3 is 1.00 bits per heavy atom. The molecule has 2 atom stereocenters. The zero-order valence-electron chi connectivity index (χ0n) is 28.9. The fourth-order valence-corrected chi connectivity index (χ4v) is 31.7. The number of nitrogens with zero attached hydrogens (tertiary/aromatic N) is 2. The molecule has 0 N–H and O–H groups in total. The molecule has 1 heterocycles. The van der Waals surface area contributed by atoms with Gasteiger partial charge in [0.1, 0.15) is 0 Å². The number of hydrogen-bond donors (Lipinski definition) is 0. The molecule has 1 saturated heterocycles. The van der Waals surface area contributed by atoms with Crippen molar-refractivity contribution < 1.29 is 0 Å². The predicted octanol–water partition coefficient (Wildman–Crippen LogP) is 10.3. The molecule has 2 aromatic carbocycles. The summed E-state index contributed by atoms with van der Waals surface area (Å²) in [6.45, 7) is 40.4. The van der Waals surface area contributed by atoms with Gasteiger partial charge in [-0.05, 0) is 45.9 Å². The molecule has 0 aliphatic carbocycles. The standard InChI is InChI=1S/C34H60BN2Si3/c1-23(2)27-19-17-20-28(24(3)4)31(27)36-33(38(9,10)11)40(15,16)34(39(12,13)14)37(35-36)32-29(25(5)6)21-18-22-30(32)26(7)8/h17-26,33-34H,1-16H3/t33-,34-/m1/s1. The van der Waals surface area contributed by atoms with E-state index in [1.165, 1.54) is 33.6 Å². The molecule has 6 heteroatoms. The molecule has 2 aromatic rings. The highest BCUT2D eigenvalue weighted by atomic mass is 28.4. The minimum atomic E-state index is -1.90. The largest absolute Gasteiger partial charge is 0.401 e. The molecule has 1 fully saturated rings. The van der Waals surface area contributed by atoms with E-state index in [1.54, 1.807) is 0 Å². The zero-order chi connectivity index (χ0) is 30.5. The molecule has 1 radical (unpaired) electrons. The van der Waals surface area contributed by atoms with Gasteiger partial charge < -0.3 is 9.62 Å². The van der Waals surface area contributed by atoms with Crippen LogP contribution < -0.4 is 9.62 Å². The second-order valence-corrected chi connectivity index (χ2v) is 32.9. The Morgan fingerprint density at radius 2 is 0.800 bits per heavy atom. The maximum atomic E-state index is 2.88. The molecule has 0 amide bonds. The minimum absolute atomic E-state index is 0.478. The van der Waals surface area contributed by atoms with Gasteiger partial charge in [-0.2, -0.15) is 0 Å². The van der Waals surface area contributed by atoms with Crippen molar-refractivity contribution in [1.29, 1.82) is 0 Å². The average Bonchev–Trinajstić information content (AvgIpc) is 2.79. The van der Waals surface area contributed by atoms with Crippen LogP contribution in [-0.4, -0.2) is 42.3 Å². The van der Waals surface area contributed by atoms with Gasteiger partial charge in [-0.25, -0.2) is 0 Å². The Kier molecular flexibility index (Phi) is 9.81. The van der Waals surface area contributed by atoms with E-state index in [1.807, 2.05) is 0 Å². The average molecular weight is 592 g/mol. The van der Waals surface area contributed by atoms with Crippen LogP contribution in [-0.2, 0) is 0 Å². The quantitative estimate of drug-likeness (QED) is 0.282. The van der Waals surface area contributed by atoms with E-state index in [0.29, 0.717) is 34.2 Å². The Balaban J connectivity index is 2.50. The maximum absolute atomic E-state index is 2.88. The van der Waals surface area contributed by atoms with Crippen LogP contribution in [0.2, 0.25) is 52.4 Å². The van der Waals surface area contributed by atoms with Gasteiger partial charge in [-0.3, -0.25) is 0 Å². The SMILES string of the molecule is CC(C)c1cccc(C(C)C)c1N1[B]N(c2c(C(C)C)cccc2C(C)C)[C@H]([Si](C)(C)C)[Si](C)(C)[C@H]1[Si](C)(C)C. The smallest absolute Gasteiger partial charge is 0.390 e. The summed E-state index contributed by atoms with van der Waals surface area (Å²) in [4.78, 5) is 5.75. The summed E-state index contributed by atoms with van der Waals surface area (Å²) in [5, 5.41) is 1.25. The van der Waals surface area contributed by atoms with Crippen LogP contribution in [0.1, 0.15) is 101 Å². The van der Waals surface area contributed by atoms with Gasteiger partial charge in [0.15, 0.2) is 0 Å². The molecule has 1 aliphatic rings. The maximum Gasteiger partial charge on any atom is 0.390 e. The lowest BCUT2D eigenvalue weighted by Gasteiger charge is -2.63. The summed E-state index contributed by atoms with van der Waals surface area (Å²) in [5.41, 5.74) is 9.03. The van der Waals surface area contributed by atoms with Crippen molar-refractivity contribution in [3.63, 3.8) is 0 Å². The summed E-state index contributed by atoms with van der Waals surface area (Å²) < 4.78 is 0. The number of benzene rings is 2. The third-order valence-corrected chi connectivity index (χ3v) is 25.9. The first-order valence-corrected chi connectivity index (χ1v) is 26.2. The van der Waals surface area contributed by atoms with Crippen molar-refractivity contribution in [1.82, 2.24) is 0 Å². The predicted molar refractivity (Wildman–Crippen MR) is 192 cm³/mol. The third kappa shape index (κ3) is 6.24. The Labute approximate surface area is 252 Å². The highest BCUT2D eigenvalue weighted by Crippen LogP contribution is 2.47. The van der Waals surface area contributed by atoms with E-state index in [4.69, 9.17) is 0 Å². The van der Waals surface area contributed by atoms with Crippen LogP contribution in [0.4, 0.5) is 11.4 Å². The van der Waals surface area contributed by atoms with Gasteiger partial charge in [0.25, 0.3) is 0 Å². The summed E-state index contributed by atoms with van der Waals surface area (Å²) in [6, 6.07) is 14.2. The van der Waals surface area contributed by atoms with Gasteiger partial charge in [-0.1, -0.05) is 144 Å². The summed E-state index contributed by atoms with van der Waals surface area (Å²) in [7, 11) is -2.49. The Morgan fingerprint density at radius 1 is 0.550 bits per heavy atom. The first kappa shape index (κ1) is 33.3. The normalized spacial score (nSPS) is 20.2. The van der Waals surface area contributed by atoms with Gasteiger partial charge in [0.05, 0.1) is 24.2 Å². The van der Waals surface area contributed by atoms with Crippen molar-refractivity contribution >= 4 is 43.1 Å². The molecule has 0 aromatic heterocycles. The van der Waals surface area contributed by atoms with Crippen LogP contribution in [0.25, 0.3) is 0 Å². The molecule has 0 saturated carbocycles. The lowest BCUT2D eigenvalue weighted by Crippen LogP contribution is -2.83. The van der Waals surface area contributed by atoms with Crippen LogP contribution >= 0.6 is 0 Å². The minimum Gasteiger partial charge on any atom is -0.401 e. The first-order chi connectivity index (χ1) is 18.2. The van der Waals surface area contributed by atoms with Crippen molar-refractivity contribution in [3.05, 3.63) is 58.7 Å². The van der Waals surface area contributed by atoms with Crippen LogP contribution in [0.3, 0.4) is 0 Å². The van der Waals surface area contributed by atoms with Gasteiger partial charge >= 0.3 is 7.55 Å². The van der Waals surface area contributed by atoms with E-state index in [2.05, 4.69) is 161 Å². The molecule has 1 aliphatic heterocycles. The monoisotopic (exact) mass is 591 g/mol. The molecular weight excluding hydrogens is 531 g/mol. The third-order valence-electron chi connectivity index (χ3n) is 9.06. The Bertz CT molecular complexity index is 1030. The summed E-state index contributed by atoms with van der Waals surface area (Å²) in [6.07, 6.45) is 0. The number of rotatable bonds is 8. The molecule has 0 unspecified atom stereocenters. The van der Waals surface area contributed by atoms with Gasteiger partial charge in [0, 0.05) is 22.0 Å². The van der Waals surface area contributed by atoms with Crippen molar-refractivity contribution in [2.75, 3.05) is 9.62 Å². The molecule has 40 heavy (non-hydrogen) atoms. The number of anilines is 2. The highest BCUT2D eigenvalue weighted by molar-refractivity contribution is 7.08. The fraction of sp³-hybridized carbons (Fsp3) is 0.647. The van der Waals surface area contributed by atoms with Crippen LogP contribution in [0.5, 0.6) is 0 Å². The van der Waals surface area contributed by atoms with E-state index in [0.717, 1.165) is 0 Å².